The zero-order chi connectivity index (χ0) is 22.1. The summed E-state index contributed by atoms with van der Waals surface area (Å²) < 4.78 is 5.05. The van der Waals surface area contributed by atoms with Crippen LogP contribution in [-0.2, 0) is 14.3 Å². The van der Waals surface area contributed by atoms with Gasteiger partial charge in [0.1, 0.15) is 0 Å². The van der Waals surface area contributed by atoms with Gasteiger partial charge in [-0.1, -0.05) is 41.4 Å². The highest BCUT2D eigenvalue weighted by atomic mass is 35.5. The van der Waals surface area contributed by atoms with Gasteiger partial charge in [-0.05, 0) is 37.6 Å². The van der Waals surface area contributed by atoms with E-state index in [1.807, 2.05) is 32.0 Å². The number of halogens is 1. The van der Waals surface area contributed by atoms with E-state index in [4.69, 9.17) is 21.6 Å². The molecule has 0 aliphatic heterocycles. The highest BCUT2D eigenvalue weighted by molar-refractivity contribution is 6.31. The number of Topliss-reactive ketones (excluding diaryl/α,β-unsaturated/α-hetero) is 1. The zero-order valence-corrected chi connectivity index (χ0v) is 17.7. The van der Waals surface area contributed by atoms with Crippen LogP contribution in [0.4, 0.5) is 5.69 Å². The fraction of sp³-hybridized carbons (Fsp3) is 0.304. The lowest BCUT2D eigenvalue weighted by atomic mass is 10.1. The lowest BCUT2D eigenvalue weighted by molar-refractivity contribution is -0.147. The van der Waals surface area contributed by atoms with Crippen LogP contribution in [0.2, 0.25) is 5.02 Å². The van der Waals surface area contributed by atoms with E-state index >= 15 is 0 Å². The van der Waals surface area contributed by atoms with Crippen LogP contribution >= 0.6 is 11.6 Å². The number of aryl methyl sites for hydroxylation is 2. The average Bonchev–Trinajstić information content (AvgIpc) is 2.73. The van der Waals surface area contributed by atoms with Gasteiger partial charge in [0.2, 0.25) is 0 Å². The number of ether oxygens (including phenoxy) is 1. The fourth-order valence-corrected chi connectivity index (χ4v) is 2.87. The zero-order valence-electron chi connectivity index (χ0n) is 17.0. The van der Waals surface area contributed by atoms with Crippen molar-refractivity contribution < 1.29 is 19.1 Å². The van der Waals surface area contributed by atoms with Crippen LogP contribution in [0.25, 0.3) is 0 Å². The van der Waals surface area contributed by atoms with Gasteiger partial charge >= 0.3 is 5.97 Å². The van der Waals surface area contributed by atoms with E-state index in [-0.39, 0.29) is 31.6 Å². The maximum atomic E-state index is 12.6. The first-order chi connectivity index (χ1) is 14.3. The Kier molecular flexibility index (Phi) is 8.57. The van der Waals surface area contributed by atoms with Crippen LogP contribution in [0.1, 0.15) is 40.7 Å². The molecule has 30 heavy (non-hydrogen) atoms. The summed E-state index contributed by atoms with van der Waals surface area (Å²) in [4.78, 5) is 38.1. The Morgan fingerprint density at radius 1 is 1.07 bits per heavy atom. The molecule has 0 saturated heterocycles. The first-order valence-electron chi connectivity index (χ1n) is 9.50. The number of carbonyl (C=O) groups excluding carboxylic acids is 3. The molecular weight excluding hydrogens is 404 g/mol. The van der Waals surface area contributed by atoms with E-state index in [1.54, 1.807) is 30.3 Å². The normalized spacial score (nSPS) is 10.2. The summed E-state index contributed by atoms with van der Waals surface area (Å²) in [5.41, 5.74) is 2.94. The third-order valence-electron chi connectivity index (χ3n) is 4.49. The lowest BCUT2D eigenvalue weighted by Crippen LogP contribution is -2.35. The summed E-state index contributed by atoms with van der Waals surface area (Å²) in [7, 11) is 0. The van der Waals surface area contributed by atoms with Gasteiger partial charge in [0, 0.05) is 29.2 Å². The SMILES string of the molecule is Cc1ccc(C(=O)CCC(=O)OCC(=O)N(CCC#N)c2ccc(Cl)c(C)c2)cc1. The Labute approximate surface area is 181 Å². The molecule has 0 aliphatic carbocycles. The second kappa shape index (κ2) is 11.1. The highest BCUT2D eigenvalue weighted by Gasteiger charge is 2.19. The van der Waals surface area contributed by atoms with Gasteiger partial charge in [-0.3, -0.25) is 14.4 Å². The molecule has 2 aromatic rings. The summed E-state index contributed by atoms with van der Waals surface area (Å²) >= 11 is 6.03. The summed E-state index contributed by atoms with van der Waals surface area (Å²) in [5.74, 6) is -1.24. The van der Waals surface area contributed by atoms with Gasteiger partial charge in [0.15, 0.2) is 12.4 Å². The molecule has 0 spiro atoms. The van der Waals surface area contributed by atoms with Gasteiger partial charge < -0.3 is 9.64 Å². The molecule has 0 radical (unpaired) electrons. The van der Waals surface area contributed by atoms with Crippen molar-refractivity contribution in [2.45, 2.75) is 33.1 Å². The summed E-state index contributed by atoms with van der Waals surface area (Å²) in [5, 5.41) is 9.43. The minimum atomic E-state index is -0.628. The number of nitriles is 1. The van der Waals surface area contributed by atoms with Crippen LogP contribution < -0.4 is 4.90 Å². The molecule has 2 aromatic carbocycles. The van der Waals surface area contributed by atoms with Crippen molar-refractivity contribution in [1.29, 1.82) is 5.26 Å². The van der Waals surface area contributed by atoms with Crippen molar-refractivity contribution in [2.75, 3.05) is 18.1 Å². The van der Waals surface area contributed by atoms with Gasteiger partial charge in [-0.15, -0.1) is 0 Å². The number of anilines is 1. The van der Waals surface area contributed by atoms with E-state index in [1.165, 1.54) is 4.90 Å². The molecule has 1 amide bonds. The minimum absolute atomic E-state index is 0.00457. The molecule has 156 valence electrons. The van der Waals surface area contributed by atoms with E-state index in [0.29, 0.717) is 16.3 Å². The van der Waals surface area contributed by atoms with Gasteiger partial charge in [0.25, 0.3) is 5.91 Å². The molecular formula is C23H23ClN2O4. The fourth-order valence-electron chi connectivity index (χ4n) is 2.75. The predicted molar refractivity (Wildman–Crippen MR) is 114 cm³/mol. The first kappa shape index (κ1) is 23.1. The van der Waals surface area contributed by atoms with Crippen LogP contribution in [0, 0.1) is 25.2 Å². The van der Waals surface area contributed by atoms with Crippen LogP contribution in [-0.4, -0.2) is 30.8 Å². The van der Waals surface area contributed by atoms with E-state index in [9.17, 15) is 14.4 Å². The Morgan fingerprint density at radius 3 is 2.40 bits per heavy atom. The Hall–Kier alpha value is -3.17. The molecule has 0 unspecified atom stereocenters. The standard InChI is InChI=1S/C23H23ClN2O4/c1-16-4-6-18(7-5-16)21(27)10-11-23(29)30-15-22(28)26(13-3-12-25)19-8-9-20(24)17(2)14-19/h4-9,14H,3,10-11,13,15H2,1-2H3. The van der Waals surface area contributed by atoms with Crippen molar-refractivity contribution in [1.82, 2.24) is 0 Å². The molecule has 7 heteroatoms. The monoisotopic (exact) mass is 426 g/mol. The molecule has 0 bridgehead atoms. The van der Waals surface area contributed by atoms with Crippen LogP contribution in [0.15, 0.2) is 42.5 Å². The molecule has 0 fully saturated rings. The summed E-state index contributed by atoms with van der Waals surface area (Å²) in [6.07, 6.45) is 0.0231. The van der Waals surface area contributed by atoms with E-state index < -0.39 is 18.5 Å². The molecule has 6 nitrogen and oxygen atoms in total. The minimum Gasteiger partial charge on any atom is -0.456 e. The number of hydrogen-bond donors (Lipinski definition) is 0. The quantitative estimate of drug-likeness (QED) is 0.437. The largest absolute Gasteiger partial charge is 0.456 e. The van der Waals surface area contributed by atoms with Crippen LogP contribution in [0.3, 0.4) is 0 Å². The molecule has 0 aromatic heterocycles. The third-order valence-corrected chi connectivity index (χ3v) is 4.91. The van der Waals surface area contributed by atoms with Crippen molar-refractivity contribution in [3.05, 3.63) is 64.2 Å². The van der Waals surface area contributed by atoms with Crippen molar-refractivity contribution in [3.8, 4) is 6.07 Å². The molecule has 0 heterocycles. The van der Waals surface area contributed by atoms with Crippen molar-refractivity contribution in [2.24, 2.45) is 0 Å². The van der Waals surface area contributed by atoms with Gasteiger partial charge in [0.05, 0.1) is 18.9 Å². The van der Waals surface area contributed by atoms with Crippen LogP contribution in [0.5, 0.6) is 0 Å². The Balaban J connectivity index is 1.91. The summed E-state index contributed by atoms with van der Waals surface area (Å²) in [6, 6.07) is 14.2. The first-order valence-corrected chi connectivity index (χ1v) is 9.88. The molecule has 0 aliphatic rings. The Bertz CT molecular complexity index is 964. The molecule has 0 atom stereocenters. The van der Waals surface area contributed by atoms with Crippen molar-refractivity contribution in [3.63, 3.8) is 0 Å². The highest BCUT2D eigenvalue weighted by Crippen LogP contribution is 2.23. The molecule has 0 saturated carbocycles. The summed E-state index contributed by atoms with van der Waals surface area (Å²) in [6.45, 7) is 3.43. The maximum Gasteiger partial charge on any atom is 0.306 e. The van der Waals surface area contributed by atoms with E-state index in [0.717, 1.165) is 11.1 Å². The number of esters is 1. The molecule has 2 rings (SSSR count). The maximum absolute atomic E-state index is 12.6. The number of ketones is 1. The number of benzene rings is 2. The number of hydrogen-bond acceptors (Lipinski definition) is 5. The third kappa shape index (κ3) is 6.71. The second-order valence-corrected chi connectivity index (χ2v) is 7.24. The number of carbonyl (C=O) groups is 3. The number of amides is 1. The number of rotatable bonds is 9. The lowest BCUT2D eigenvalue weighted by Gasteiger charge is -2.22. The van der Waals surface area contributed by atoms with Gasteiger partial charge in [-0.25, -0.2) is 0 Å². The Morgan fingerprint density at radius 2 is 1.77 bits per heavy atom. The topological polar surface area (TPSA) is 87.5 Å². The van der Waals surface area contributed by atoms with Crippen molar-refractivity contribution >= 4 is 34.9 Å². The molecule has 0 N–H and O–H groups in total. The predicted octanol–water partition coefficient (Wildman–Crippen LogP) is 4.41. The second-order valence-electron chi connectivity index (χ2n) is 6.84. The smallest absolute Gasteiger partial charge is 0.306 e. The van der Waals surface area contributed by atoms with Gasteiger partial charge in [-0.2, -0.15) is 5.26 Å². The average molecular weight is 427 g/mol. The van der Waals surface area contributed by atoms with E-state index in [2.05, 4.69) is 0 Å². The number of nitrogens with zero attached hydrogens (tertiary/aromatic N) is 2.